The van der Waals surface area contributed by atoms with Crippen molar-refractivity contribution >= 4 is 17.2 Å². The highest BCUT2D eigenvalue weighted by Gasteiger charge is 2.42. The minimum atomic E-state index is -1.64. The fraction of sp³-hybridized carbons (Fsp3) is 0.797. The van der Waals surface area contributed by atoms with Crippen molar-refractivity contribution in [3.05, 3.63) is 59.7 Å². The molecule has 0 saturated heterocycles. The van der Waals surface area contributed by atoms with E-state index < -0.39 is 17.2 Å². The average Bonchev–Trinajstić information content (AvgIpc) is 3.34. The molecule has 0 bridgehead atoms. The zero-order chi connectivity index (χ0) is 47.6. The van der Waals surface area contributed by atoms with Crippen molar-refractivity contribution in [2.24, 2.45) is 17.3 Å². The predicted octanol–water partition coefficient (Wildman–Crippen LogP) is 20.3. The number of benzene rings is 2. The number of para-hydroxylation sites is 2. The first-order valence-corrected chi connectivity index (χ1v) is 30.8. The first-order valence-electron chi connectivity index (χ1n) is 28.6. The highest BCUT2D eigenvalue weighted by Crippen LogP contribution is 2.53. The van der Waals surface area contributed by atoms with Gasteiger partial charge < -0.3 is 22.6 Å². The Kier molecular flexibility index (Phi) is 31.9. The second kappa shape index (κ2) is 36.6. The van der Waals surface area contributed by atoms with Crippen molar-refractivity contribution in [3.8, 4) is 11.5 Å². The standard InChI is InChI=1S/C59H102O6P2/c1-7-11-15-19-23-27-35-51-37-29-31-39-57(51)64-67(65-58-40-32-30-38-52(58)36-28-24-20-16-12-8-2)63-56-47-43-54(44-48-56)59(5,6)53-41-45-55(46-42-53)62-66(60-49-33-25-21-17-13-9-3)61-50-34-26-22-18-14-10-4/h29-32,37-40,53-56H,7-28,33-36,41-50H2,1-6H3. The van der Waals surface area contributed by atoms with Crippen molar-refractivity contribution in [1.29, 1.82) is 0 Å². The summed E-state index contributed by atoms with van der Waals surface area (Å²) in [6.45, 7) is 15.8. The maximum absolute atomic E-state index is 7.00. The van der Waals surface area contributed by atoms with Crippen LogP contribution in [0, 0.1) is 17.3 Å². The van der Waals surface area contributed by atoms with E-state index in [0.717, 1.165) is 76.1 Å². The first-order chi connectivity index (χ1) is 32.9. The van der Waals surface area contributed by atoms with Gasteiger partial charge in [-0.25, -0.2) is 0 Å². The van der Waals surface area contributed by atoms with E-state index in [-0.39, 0.29) is 17.6 Å². The van der Waals surface area contributed by atoms with E-state index >= 15 is 0 Å². The summed E-state index contributed by atoms with van der Waals surface area (Å²) in [5.74, 6) is 3.22. The Balaban J connectivity index is 1.32. The van der Waals surface area contributed by atoms with E-state index in [1.54, 1.807) is 0 Å². The van der Waals surface area contributed by atoms with Crippen LogP contribution in [0.3, 0.4) is 0 Å². The maximum atomic E-state index is 7.00. The Morgan fingerprint density at radius 2 is 0.731 bits per heavy atom. The quantitative estimate of drug-likeness (QED) is 0.0490. The van der Waals surface area contributed by atoms with Crippen LogP contribution in [0.25, 0.3) is 0 Å². The fourth-order valence-corrected chi connectivity index (χ4v) is 13.0. The summed E-state index contributed by atoms with van der Waals surface area (Å²) in [4.78, 5) is 0. The van der Waals surface area contributed by atoms with Crippen LogP contribution in [0.15, 0.2) is 48.5 Å². The van der Waals surface area contributed by atoms with Crippen LogP contribution in [-0.2, 0) is 30.9 Å². The van der Waals surface area contributed by atoms with Crippen molar-refractivity contribution in [2.75, 3.05) is 13.2 Å². The molecule has 0 N–H and O–H groups in total. The van der Waals surface area contributed by atoms with Gasteiger partial charge in [-0.1, -0.05) is 206 Å². The van der Waals surface area contributed by atoms with Crippen LogP contribution in [0.2, 0.25) is 0 Å². The summed E-state index contributed by atoms with van der Waals surface area (Å²) in [7, 11) is -2.93. The van der Waals surface area contributed by atoms with Gasteiger partial charge in [0, 0.05) is 0 Å². The minimum Gasteiger partial charge on any atom is -0.417 e. The Morgan fingerprint density at radius 1 is 0.403 bits per heavy atom. The molecule has 0 radical (unpaired) electrons. The Morgan fingerprint density at radius 3 is 1.12 bits per heavy atom. The second-order valence-electron chi connectivity index (χ2n) is 21.1. The summed E-state index contributed by atoms with van der Waals surface area (Å²) in [6, 6.07) is 17.2. The van der Waals surface area contributed by atoms with Gasteiger partial charge in [-0.3, -0.25) is 4.52 Å². The molecule has 0 atom stereocenters. The number of aryl methyl sites for hydroxylation is 2. The molecule has 2 fully saturated rings. The molecular formula is C59H102O6P2. The van der Waals surface area contributed by atoms with E-state index in [9.17, 15) is 0 Å². The molecule has 0 aromatic heterocycles. The summed E-state index contributed by atoms with van der Waals surface area (Å²) < 4.78 is 40.2. The zero-order valence-electron chi connectivity index (χ0n) is 44.2. The molecule has 0 amide bonds. The third-order valence-electron chi connectivity index (χ3n) is 15.2. The Bertz CT molecular complexity index is 1390. The molecule has 0 heterocycles. The van der Waals surface area contributed by atoms with Crippen molar-refractivity contribution in [1.82, 2.24) is 0 Å². The SMILES string of the molecule is CCCCCCCCOP(OCCCCCCCC)OC1CCC(C(C)(C)C2CCC(OP(Oc3ccccc3CCCCCCCC)Oc3ccccc3CCCCCCCC)CC2)CC1. The molecule has 2 aliphatic rings. The highest BCUT2D eigenvalue weighted by molar-refractivity contribution is 7.42. The third kappa shape index (κ3) is 24.1. The lowest BCUT2D eigenvalue weighted by Gasteiger charge is -2.46. The summed E-state index contributed by atoms with van der Waals surface area (Å²) >= 11 is 0. The molecular weight excluding hydrogens is 867 g/mol. The normalized spacial score (nSPS) is 19.1. The van der Waals surface area contributed by atoms with Gasteiger partial charge in [0.15, 0.2) is 0 Å². The van der Waals surface area contributed by atoms with Crippen LogP contribution in [-0.4, -0.2) is 25.4 Å². The average molecular weight is 969 g/mol. The molecule has 2 saturated carbocycles. The number of hydrogen-bond acceptors (Lipinski definition) is 6. The number of unbranched alkanes of at least 4 members (excludes halogenated alkanes) is 20. The highest BCUT2D eigenvalue weighted by atomic mass is 31.2. The summed E-state index contributed by atoms with van der Waals surface area (Å²) in [6.07, 6.45) is 42.1. The van der Waals surface area contributed by atoms with Crippen LogP contribution in [0.1, 0.15) is 258 Å². The van der Waals surface area contributed by atoms with Crippen molar-refractivity contribution < 1.29 is 27.1 Å². The van der Waals surface area contributed by atoms with Gasteiger partial charge in [0.25, 0.3) is 0 Å². The zero-order valence-corrected chi connectivity index (χ0v) is 46.0. The van der Waals surface area contributed by atoms with Gasteiger partial charge in [-0.2, -0.15) is 0 Å². The summed E-state index contributed by atoms with van der Waals surface area (Å²) in [5.41, 5.74) is 2.80. The largest absolute Gasteiger partial charge is 0.463 e. The molecule has 2 aliphatic carbocycles. The van der Waals surface area contributed by atoms with E-state index in [1.807, 2.05) is 0 Å². The molecule has 0 spiro atoms. The van der Waals surface area contributed by atoms with Crippen LogP contribution in [0.4, 0.5) is 0 Å². The number of hydrogen-bond donors (Lipinski definition) is 0. The van der Waals surface area contributed by atoms with E-state index in [1.165, 1.54) is 178 Å². The van der Waals surface area contributed by atoms with Crippen molar-refractivity contribution in [2.45, 2.75) is 272 Å². The molecule has 0 unspecified atom stereocenters. The fourth-order valence-electron chi connectivity index (χ4n) is 10.6. The third-order valence-corrected chi connectivity index (χ3v) is 17.6. The molecule has 6 nitrogen and oxygen atoms in total. The monoisotopic (exact) mass is 969 g/mol. The molecule has 0 aliphatic heterocycles. The molecule has 2 aromatic rings. The molecule has 4 rings (SSSR count). The van der Waals surface area contributed by atoms with Crippen LogP contribution >= 0.6 is 17.2 Å². The smallest absolute Gasteiger partial charge is 0.417 e. The van der Waals surface area contributed by atoms with Crippen LogP contribution in [0.5, 0.6) is 11.5 Å². The molecule has 2 aromatic carbocycles. The topological polar surface area (TPSA) is 55.4 Å². The lowest BCUT2D eigenvalue weighted by molar-refractivity contribution is 0.00529. The van der Waals surface area contributed by atoms with Gasteiger partial charge in [-0.15, -0.1) is 0 Å². The maximum Gasteiger partial charge on any atom is 0.463 e. The van der Waals surface area contributed by atoms with Gasteiger partial charge in [0.1, 0.15) is 11.5 Å². The van der Waals surface area contributed by atoms with E-state index in [4.69, 9.17) is 27.1 Å². The predicted molar refractivity (Wildman–Crippen MR) is 288 cm³/mol. The second-order valence-corrected chi connectivity index (χ2v) is 23.3. The number of rotatable bonds is 40. The van der Waals surface area contributed by atoms with Crippen LogP contribution < -0.4 is 9.05 Å². The lowest BCUT2D eigenvalue weighted by atomic mass is 9.60. The van der Waals surface area contributed by atoms with Gasteiger partial charge in [0.2, 0.25) is 0 Å². The Labute approximate surface area is 416 Å². The molecule has 8 heteroatoms. The van der Waals surface area contributed by atoms with Gasteiger partial charge in [-0.05, 0) is 130 Å². The minimum absolute atomic E-state index is 0.130. The Hall–Kier alpha value is -1.26. The van der Waals surface area contributed by atoms with Gasteiger partial charge >= 0.3 is 17.2 Å². The van der Waals surface area contributed by atoms with Crippen molar-refractivity contribution in [3.63, 3.8) is 0 Å². The molecule has 67 heavy (non-hydrogen) atoms. The lowest BCUT2D eigenvalue weighted by Crippen LogP contribution is -2.39. The van der Waals surface area contributed by atoms with E-state index in [0.29, 0.717) is 11.8 Å². The first kappa shape index (κ1) is 58.3. The molecule has 384 valence electrons. The summed E-state index contributed by atoms with van der Waals surface area (Å²) in [5, 5.41) is 0. The van der Waals surface area contributed by atoms with E-state index in [2.05, 4.69) is 90.1 Å². The van der Waals surface area contributed by atoms with Gasteiger partial charge in [0.05, 0.1) is 25.4 Å².